The van der Waals surface area contributed by atoms with E-state index < -0.39 is 5.82 Å². The van der Waals surface area contributed by atoms with Crippen molar-refractivity contribution >= 4 is 0 Å². The third-order valence-electron chi connectivity index (χ3n) is 4.70. The van der Waals surface area contributed by atoms with Gasteiger partial charge in [-0.3, -0.25) is 0 Å². The molecular formula is C23H19FN2O3. The maximum atomic E-state index is 13.7. The number of methoxy groups -OCH3 is 2. The Bertz CT molecular complexity index is 1170. The van der Waals surface area contributed by atoms with Gasteiger partial charge in [-0.05, 0) is 54.4 Å². The van der Waals surface area contributed by atoms with Crippen LogP contribution in [0.2, 0.25) is 0 Å². The minimum atomic E-state index is -0.399. The summed E-state index contributed by atoms with van der Waals surface area (Å²) in [5.41, 5.74) is 4.31. The summed E-state index contributed by atoms with van der Waals surface area (Å²) in [5, 5.41) is 4.00. The van der Waals surface area contributed by atoms with Crippen LogP contribution in [0, 0.1) is 12.7 Å². The molecule has 6 heteroatoms. The van der Waals surface area contributed by atoms with E-state index in [0.717, 1.165) is 28.0 Å². The van der Waals surface area contributed by atoms with E-state index in [9.17, 15) is 4.39 Å². The molecule has 0 fully saturated rings. The van der Waals surface area contributed by atoms with Crippen LogP contribution in [0.3, 0.4) is 0 Å². The van der Waals surface area contributed by atoms with Crippen molar-refractivity contribution in [1.82, 2.24) is 10.1 Å². The minimum Gasteiger partial charge on any atom is -0.496 e. The molecule has 0 atom stereocenters. The smallest absolute Gasteiger partial charge is 0.258 e. The van der Waals surface area contributed by atoms with Gasteiger partial charge < -0.3 is 14.0 Å². The van der Waals surface area contributed by atoms with Crippen LogP contribution >= 0.6 is 0 Å². The summed E-state index contributed by atoms with van der Waals surface area (Å²) >= 11 is 0. The monoisotopic (exact) mass is 390 g/mol. The molecule has 146 valence electrons. The average Bonchev–Trinajstić information content (AvgIpc) is 3.24. The lowest BCUT2D eigenvalue weighted by Crippen LogP contribution is -1.91. The van der Waals surface area contributed by atoms with E-state index >= 15 is 0 Å². The van der Waals surface area contributed by atoms with Crippen LogP contribution in [0.25, 0.3) is 34.0 Å². The number of nitrogens with zero attached hydrogens (tertiary/aromatic N) is 2. The van der Waals surface area contributed by atoms with Gasteiger partial charge >= 0.3 is 0 Å². The van der Waals surface area contributed by atoms with Crippen LogP contribution in [0.1, 0.15) is 5.56 Å². The minimum absolute atomic E-state index is 0.266. The van der Waals surface area contributed by atoms with Crippen LogP contribution < -0.4 is 9.47 Å². The lowest BCUT2D eigenvalue weighted by Gasteiger charge is -2.11. The van der Waals surface area contributed by atoms with Gasteiger partial charge in [0.1, 0.15) is 17.3 Å². The Labute approximate surface area is 167 Å². The van der Waals surface area contributed by atoms with Crippen LogP contribution in [0.4, 0.5) is 4.39 Å². The van der Waals surface area contributed by atoms with Gasteiger partial charge in [-0.1, -0.05) is 29.4 Å². The number of halogens is 1. The molecule has 5 nitrogen and oxygen atoms in total. The molecule has 1 heterocycles. The Morgan fingerprint density at radius 3 is 2.34 bits per heavy atom. The van der Waals surface area contributed by atoms with Gasteiger partial charge in [-0.25, -0.2) is 4.39 Å². The van der Waals surface area contributed by atoms with E-state index in [1.54, 1.807) is 7.11 Å². The second-order valence-corrected chi connectivity index (χ2v) is 6.50. The van der Waals surface area contributed by atoms with Gasteiger partial charge in [0.25, 0.3) is 5.89 Å². The van der Waals surface area contributed by atoms with Gasteiger partial charge in [0, 0.05) is 11.1 Å². The number of benzene rings is 3. The first-order chi connectivity index (χ1) is 14.1. The number of aromatic nitrogens is 2. The van der Waals surface area contributed by atoms with Gasteiger partial charge in [0.2, 0.25) is 5.82 Å². The standard InChI is InChI=1S/C23H19FN2O3/c1-14-12-15(8-10-17(14)18-6-4-5-7-20(18)27-2)23-25-22(26-29-23)19-13-16(24)9-11-21(19)28-3/h4-13H,1-3H3. The molecule has 29 heavy (non-hydrogen) atoms. The molecule has 0 aliphatic carbocycles. The second kappa shape index (κ2) is 7.75. The van der Waals surface area contributed by atoms with Crippen molar-refractivity contribution in [1.29, 1.82) is 0 Å². The van der Waals surface area contributed by atoms with Crippen LogP contribution in [0.5, 0.6) is 11.5 Å². The molecule has 0 saturated heterocycles. The molecule has 0 bridgehead atoms. The largest absolute Gasteiger partial charge is 0.496 e. The third kappa shape index (κ3) is 3.57. The predicted octanol–water partition coefficient (Wildman–Crippen LogP) is 5.54. The number of rotatable bonds is 5. The van der Waals surface area contributed by atoms with Crippen molar-refractivity contribution in [2.75, 3.05) is 14.2 Å². The molecule has 0 N–H and O–H groups in total. The van der Waals surface area contributed by atoms with Gasteiger partial charge in [-0.2, -0.15) is 4.98 Å². The first-order valence-electron chi connectivity index (χ1n) is 9.02. The van der Waals surface area contributed by atoms with Crippen molar-refractivity contribution in [3.05, 3.63) is 72.0 Å². The highest BCUT2D eigenvalue weighted by molar-refractivity contribution is 5.76. The first-order valence-corrected chi connectivity index (χ1v) is 9.02. The average molecular weight is 390 g/mol. The summed E-state index contributed by atoms with van der Waals surface area (Å²) in [7, 11) is 3.17. The van der Waals surface area contributed by atoms with E-state index in [1.165, 1.54) is 25.3 Å². The van der Waals surface area contributed by atoms with Gasteiger partial charge in [0.05, 0.1) is 19.8 Å². The molecule has 0 aliphatic rings. The Morgan fingerprint density at radius 1 is 0.828 bits per heavy atom. The summed E-state index contributed by atoms with van der Waals surface area (Å²) < 4.78 is 29.8. The van der Waals surface area contributed by atoms with E-state index in [2.05, 4.69) is 10.1 Å². The fourth-order valence-corrected chi connectivity index (χ4v) is 3.27. The highest BCUT2D eigenvalue weighted by Gasteiger charge is 2.17. The lowest BCUT2D eigenvalue weighted by molar-refractivity contribution is 0.412. The number of hydrogen-bond donors (Lipinski definition) is 0. The molecule has 4 aromatic rings. The third-order valence-corrected chi connectivity index (χ3v) is 4.70. The molecule has 0 spiro atoms. The normalized spacial score (nSPS) is 10.8. The zero-order valence-electron chi connectivity index (χ0n) is 16.3. The van der Waals surface area contributed by atoms with E-state index in [0.29, 0.717) is 17.2 Å². The summed E-state index contributed by atoms with van der Waals surface area (Å²) in [4.78, 5) is 4.43. The van der Waals surface area contributed by atoms with E-state index in [4.69, 9.17) is 14.0 Å². The lowest BCUT2D eigenvalue weighted by atomic mass is 9.97. The topological polar surface area (TPSA) is 57.4 Å². The maximum Gasteiger partial charge on any atom is 0.258 e. The molecule has 0 saturated carbocycles. The summed E-state index contributed by atoms with van der Waals surface area (Å²) in [6.45, 7) is 2.01. The van der Waals surface area contributed by atoms with E-state index in [-0.39, 0.29) is 5.82 Å². The molecule has 0 radical (unpaired) electrons. The van der Waals surface area contributed by atoms with Crippen molar-refractivity contribution < 1.29 is 18.4 Å². The predicted molar refractivity (Wildman–Crippen MR) is 108 cm³/mol. The van der Waals surface area contributed by atoms with Crippen molar-refractivity contribution in [3.63, 3.8) is 0 Å². The molecule has 1 aromatic heterocycles. The fourth-order valence-electron chi connectivity index (χ4n) is 3.27. The Kier molecular flexibility index (Phi) is 4.99. The maximum absolute atomic E-state index is 13.7. The van der Waals surface area contributed by atoms with Crippen LogP contribution in [0.15, 0.2) is 65.2 Å². The highest BCUT2D eigenvalue weighted by atomic mass is 19.1. The summed E-state index contributed by atoms with van der Waals surface area (Å²) in [6, 6.07) is 17.9. The van der Waals surface area contributed by atoms with Crippen LogP contribution in [-0.4, -0.2) is 24.4 Å². The fraction of sp³-hybridized carbons (Fsp3) is 0.130. The Hall–Kier alpha value is -3.67. The number of aryl methyl sites for hydroxylation is 1. The number of hydrogen-bond acceptors (Lipinski definition) is 5. The van der Waals surface area contributed by atoms with E-state index in [1.807, 2.05) is 49.4 Å². The van der Waals surface area contributed by atoms with Crippen molar-refractivity contribution in [3.8, 4) is 45.5 Å². The van der Waals surface area contributed by atoms with Gasteiger partial charge in [-0.15, -0.1) is 0 Å². The zero-order chi connectivity index (χ0) is 20.4. The van der Waals surface area contributed by atoms with Gasteiger partial charge in [0.15, 0.2) is 0 Å². The summed E-state index contributed by atoms with van der Waals surface area (Å²) in [5.74, 6) is 1.50. The number of ether oxygens (including phenoxy) is 2. The second-order valence-electron chi connectivity index (χ2n) is 6.50. The highest BCUT2D eigenvalue weighted by Crippen LogP contribution is 2.35. The summed E-state index contributed by atoms with van der Waals surface area (Å²) in [6.07, 6.45) is 0. The molecular weight excluding hydrogens is 371 g/mol. The first kappa shape index (κ1) is 18.7. The SMILES string of the molecule is COc1ccc(F)cc1-c1noc(-c2ccc(-c3ccccc3OC)c(C)c2)n1. The Balaban J connectivity index is 1.71. The molecule has 0 amide bonds. The van der Waals surface area contributed by atoms with Crippen molar-refractivity contribution in [2.45, 2.75) is 6.92 Å². The quantitative estimate of drug-likeness (QED) is 0.448. The Morgan fingerprint density at radius 2 is 1.59 bits per heavy atom. The van der Waals surface area contributed by atoms with Crippen LogP contribution in [-0.2, 0) is 0 Å². The molecule has 0 aliphatic heterocycles. The molecule has 4 rings (SSSR count). The zero-order valence-corrected chi connectivity index (χ0v) is 16.3. The molecule has 3 aromatic carbocycles. The molecule has 0 unspecified atom stereocenters. The number of para-hydroxylation sites is 1. The van der Waals surface area contributed by atoms with Crippen molar-refractivity contribution in [2.24, 2.45) is 0 Å².